The smallest absolute Gasteiger partial charge is 0.326 e. The highest BCUT2D eigenvalue weighted by atomic mass is 16.5. The van der Waals surface area contributed by atoms with Gasteiger partial charge in [0.2, 0.25) is 0 Å². The Hall–Kier alpha value is -1.30. The topological polar surface area (TPSA) is 87.7 Å². The molecule has 0 aliphatic heterocycles. The quantitative estimate of drug-likeness (QED) is 0.620. The summed E-state index contributed by atoms with van der Waals surface area (Å²) in [6.07, 6.45) is 0.947. The minimum absolute atomic E-state index is 0.0269. The fourth-order valence-corrected chi connectivity index (χ4v) is 2.58. The van der Waals surface area contributed by atoms with Crippen LogP contribution in [0.5, 0.6) is 0 Å². The van der Waals surface area contributed by atoms with Gasteiger partial charge >= 0.3 is 12.0 Å². The number of ether oxygens (including phenoxy) is 1. The van der Waals surface area contributed by atoms with Gasteiger partial charge in [0.25, 0.3) is 0 Å². The predicted octanol–water partition coefficient (Wildman–Crippen LogP) is 1.60. The summed E-state index contributed by atoms with van der Waals surface area (Å²) in [5.41, 5.74) is 0.0538. The number of hydrogen-bond acceptors (Lipinski definition) is 3. The molecule has 0 saturated heterocycles. The second-order valence-electron chi connectivity index (χ2n) is 6.52. The third-order valence-electron chi connectivity index (χ3n) is 4.74. The minimum Gasteiger partial charge on any atom is -0.480 e. The van der Waals surface area contributed by atoms with E-state index in [4.69, 9.17) is 9.84 Å². The first-order valence-electron chi connectivity index (χ1n) is 6.93. The van der Waals surface area contributed by atoms with E-state index >= 15 is 0 Å². The Morgan fingerprint density at radius 2 is 1.80 bits per heavy atom. The SMILES string of the molecule is COCCCC(NC(=O)NC1C(C)(C)C1(C)C)C(=O)O. The van der Waals surface area contributed by atoms with Gasteiger partial charge in [-0.15, -0.1) is 0 Å². The molecule has 0 aromatic rings. The summed E-state index contributed by atoms with van der Waals surface area (Å²) in [5, 5.41) is 14.5. The summed E-state index contributed by atoms with van der Waals surface area (Å²) in [4.78, 5) is 23.0. The van der Waals surface area contributed by atoms with Crippen LogP contribution in [-0.4, -0.2) is 42.9 Å². The molecule has 6 nitrogen and oxygen atoms in total. The number of nitrogens with one attached hydrogen (secondary N) is 2. The van der Waals surface area contributed by atoms with E-state index in [1.165, 1.54) is 0 Å². The number of urea groups is 1. The van der Waals surface area contributed by atoms with E-state index in [1.807, 2.05) is 0 Å². The molecule has 116 valence electrons. The molecule has 1 unspecified atom stereocenters. The number of carbonyl (C=O) groups is 2. The number of carboxylic acids is 1. The van der Waals surface area contributed by atoms with Crippen molar-refractivity contribution in [1.82, 2.24) is 10.6 Å². The zero-order valence-electron chi connectivity index (χ0n) is 12.9. The zero-order valence-corrected chi connectivity index (χ0v) is 12.9. The molecule has 2 amide bonds. The Morgan fingerprint density at radius 1 is 1.25 bits per heavy atom. The van der Waals surface area contributed by atoms with Crippen molar-refractivity contribution in [2.24, 2.45) is 10.8 Å². The lowest BCUT2D eigenvalue weighted by atomic mass is 10.0. The van der Waals surface area contributed by atoms with Crippen LogP contribution in [0.2, 0.25) is 0 Å². The molecule has 1 saturated carbocycles. The number of rotatable bonds is 7. The van der Waals surface area contributed by atoms with E-state index in [0.717, 1.165) is 0 Å². The average Bonchev–Trinajstić information content (AvgIpc) is 2.70. The van der Waals surface area contributed by atoms with E-state index in [2.05, 4.69) is 38.3 Å². The van der Waals surface area contributed by atoms with Crippen molar-refractivity contribution in [3.63, 3.8) is 0 Å². The molecule has 20 heavy (non-hydrogen) atoms. The molecule has 1 fully saturated rings. The molecule has 0 heterocycles. The van der Waals surface area contributed by atoms with Gasteiger partial charge in [-0.25, -0.2) is 9.59 Å². The number of carbonyl (C=O) groups excluding carboxylic acids is 1. The second kappa shape index (κ2) is 5.99. The van der Waals surface area contributed by atoms with E-state index < -0.39 is 18.0 Å². The fourth-order valence-electron chi connectivity index (χ4n) is 2.58. The van der Waals surface area contributed by atoms with Gasteiger partial charge in [-0.2, -0.15) is 0 Å². The van der Waals surface area contributed by atoms with Crippen LogP contribution in [0.4, 0.5) is 4.79 Å². The highest BCUT2D eigenvalue weighted by Crippen LogP contribution is 2.62. The van der Waals surface area contributed by atoms with Crippen LogP contribution in [0.3, 0.4) is 0 Å². The van der Waals surface area contributed by atoms with Gasteiger partial charge < -0.3 is 20.5 Å². The monoisotopic (exact) mass is 286 g/mol. The maximum absolute atomic E-state index is 11.9. The third-order valence-corrected chi connectivity index (χ3v) is 4.74. The summed E-state index contributed by atoms with van der Waals surface area (Å²) >= 11 is 0. The molecule has 1 aliphatic carbocycles. The number of hydrogen-bond donors (Lipinski definition) is 3. The fraction of sp³-hybridized carbons (Fsp3) is 0.857. The molecule has 0 bridgehead atoms. The number of amides is 2. The van der Waals surface area contributed by atoms with Crippen molar-refractivity contribution in [2.45, 2.75) is 52.6 Å². The van der Waals surface area contributed by atoms with E-state index in [9.17, 15) is 9.59 Å². The van der Waals surface area contributed by atoms with Crippen LogP contribution < -0.4 is 10.6 Å². The molecule has 0 radical (unpaired) electrons. The summed E-state index contributed by atoms with van der Waals surface area (Å²) in [6.45, 7) is 8.84. The molecule has 1 atom stereocenters. The van der Waals surface area contributed by atoms with Crippen LogP contribution in [0.15, 0.2) is 0 Å². The summed E-state index contributed by atoms with van der Waals surface area (Å²) < 4.78 is 4.88. The first-order valence-corrected chi connectivity index (χ1v) is 6.93. The van der Waals surface area contributed by atoms with Gasteiger partial charge in [0.15, 0.2) is 0 Å². The Kier molecular flexibility index (Phi) is 5.02. The average molecular weight is 286 g/mol. The maximum Gasteiger partial charge on any atom is 0.326 e. The van der Waals surface area contributed by atoms with Gasteiger partial charge in [-0.05, 0) is 23.7 Å². The van der Waals surface area contributed by atoms with Gasteiger partial charge in [0.1, 0.15) is 6.04 Å². The van der Waals surface area contributed by atoms with E-state index in [-0.39, 0.29) is 16.9 Å². The first kappa shape index (κ1) is 16.8. The molecular weight excluding hydrogens is 260 g/mol. The van der Waals surface area contributed by atoms with Crippen molar-refractivity contribution in [2.75, 3.05) is 13.7 Å². The third kappa shape index (κ3) is 3.42. The molecule has 6 heteroatoms. The Labute approximate surface area is 120 Å². The van der Waals surface area contributed by atoms with Crippen LogP contribution in [-0.2, 0) is 9.53 Å². The van der Waals surface area contributed by atoms with Gasteiger partial charge in [-0.1, -0.05) is 27.7 Å². The number of methoxy groups -OCH3 is 1. The van der Waals surface area contributed by atoms with E-state index in [1.54, 1.807) is 7.11 Å². The molecule has 3 N–H and O–H groups in total. The Morgan fingerprint density at radius 3 is 2.20 bits per heavy atom. The first-order chi connectivity index (χ1) is 9.14. The van der Waals surface area contributed by atoms with Gasteiger partial charge in [0.05, 0.1) is 0 Å². The highest BCUT2D eigenvalue weighted by molar-refractivity contribution is 5.83. The standard InChI is InChI=1S/C14H26N2O4/c1-13(2)11(14(13,3)4)16-12(19)15-9(10(17)18)7-6-8-20-5/h9,11H,6-8H2,1-5H3,(H,17,18)(H2,15,16,19). The Balaban J connectivity index is 2.45. The van der Waals surface area contributed by atoms with Crippen molar-refractivity contribution in [1.29, 1.82) is 0 Å². The van der Waals surface area contributed by atoms with Gasteiger partial charge in [-0.3, -0.25) is 0 Å². The predicted molar refractivity (Wildman–Crippen MR) is 75.6 cm³/mol. The lowest BCUT2D eigenvalue weighted by Gasteiger charge is -2.15. The molecular formula is C14H26N2O4. The molecule has 0 aromatic heterocycles. The lowest BCUT2D eigenvalue weighted by Crippen LogP contribution is -2.47. The van der Waals surface area contributed by atoms with Crippen LogP contribution in [0, 0.1) is 10.8 Å². The largest absolute Gasteiger partial charge is 0.480 e. The van der Waals surface area contributed by atoms with Crippen LogP contribution in [0.25, 0.3) is 0 Å². The van der Waals surface area contributed by atoms with E-state index in [0.29, 0.717) is 19.4 Å². The summed E-state index contributed by atoms with van der Waals surface area (Å²) in [6, 6.07) is -1.24. The van der Waals surface area contributed by atoms with Crippen molar-refractivity contribution < 1.29 is 19.4 Å². The second-order valence-corrected chi connectivity index (χ2v) is 6.52. The molecule has 1 aliphatic rings. The number of carboxylic acid groups (broad SMARTS) is 1. The van der Waals surface area contributed by atoms with Crippen molar-refractivity contribution in [3.8, 4) is 0 Å². The minimum atomic E-state index is -1.02. The summed E-state index contributed by atoms with van der Waals surface area (Å²) in [5.74, 6) is -1.02. The van der Waals surface area contributed by atoms with Crippen molar-refractivity contribution >= 4 is 12.0 Å². The Bertz CT molecular complexity index is 365. The molecule has 0 spiro atoms. The van der Waals surface area contributed by atoms with Crippen LogP contribution in [0.1, 0.15) is 40.5 Å². The summed E-state index contributed by atoms with van der Waals surface area (Å²) in [7, 11) is 1.56. The molecule has 1 rings (SSSR count). The zero-order chi connectivity index (χ0) is 15.6. The highest BCUT2D eigenvalue weighted by Gasteiger charge is 2.65. The van der Waals surface area contributed by atoms with Gasteiger partial charge in [0, 0.05) is 19.8 Å². The molecule has 0 aromatic carbocycles. The van der Waals surface area contributed by atoms with Crippen molar-refractivity contribution in [3.05, 3.63) is 0 Å². The normalized spacial score (nSPS) is 21.1. The maximum atomic E-state index is 11.9. The number of aliphatic carboxylic acids is 1. The lowest BCUT2D eigenvalue weighted by molar-refractivity contribution is -0.139. The van der Waals surface area contributed by atoms with Crippen LogP contribution >= 0.6 is 0 Å².